The lowest BCUT2D eigenvalue weighted by atomic mass is 9.81. The molecular weight excluding hydrogens is 821 g/mol. The highest BCUT2D eigenvalue weighted by Crippen LogP contribution is 2.53. The first-order valence-electron chi connectivity index (χ1n) is 24.5. The Bertz CT molecular complexity index is 3030. The molecule has 68 heavy (non-hydrogen) atoms. The average Bonchev–Trinajstić information content (AvgIpc) is 3.66. The second-order valence-corrected chi connectivity index (χ2v) is 22.6. The molecule has 2 aliphatic rings. The van der Waals surface area contributed by atoms with E-state index in [0.717, 1.165) is 11.4 Å². The van der Waals surface area contributed by atoms with Gasteiger partial charge in [0.05, 0.1) is 0 Å². The first-order chi connectivity index (χ1) is 32.3. The lowest BCUT2D eigenvalue weighted by Crippen LogP contribution is -2.17. The van der Waals surface area contributed by atoms with Gasteiger partial charge in [0.1, 0.15) is 0 Å². The fraction of sp³-hybridized carbons (Fsp3) is 0.242. The summed E-state index contributed by atoms with van der Waals surface area (Å²) in [4.78, 5) is 4.82. The Kier molecular flexibility index (Phi) is 10.8. The molecule has 10 rings (SSSR count). The summed E-state index contributed by atoms with van der Waals surface area (Å²) in [5, 5.41) is 0. The maximum Gasteiger partial charge on any atom is 0.0465 e. The first-order valence-corrected chi connectivity index (χ1v) is 24.5. The van der Waals surface area contributed by atoms with Gasteiger partial charge in [0.25, 0.3) is 0 Å². The molecule has 0 N–H and O–H groups in total. The van der Waals surface area contributed by atoms with Gasteiger partial charge in [0.15, 0.2) is 0 Å². The van der Waals surface area contributed by atoms with E-state index < -0.39 is 0 Å². The Morgan fingerprint density at radius 2 is 0.647 bits per heavy atom. The van der Waals surface area contributed by atoms with Crippen LogP contribution in [0.2, 0.25) is 0 Å². The van der Waals surface area contributed by atoms with Gasteiger partial charge in [0, 0.05) is 45.0 Å². The molecule has 2 nitrogen and oxygen atoms in total. The third kappa shape index (κ3) is 7.98. The highest BCUT2D eigenvalue weighted by atomic mass is 15.1. The molecule has 2 heteroatoms. The van der Waals surface area contributed by atoms with Gasteiger partial charge in [-0.15, -0.1) is 0 Å². The van der Waals surface area contributed by atoms with E-state index in [1.165, 1.54) is 101 Å². The number of aryl methyl sites for hydroxylation is 2. The zero-order valence-electron chi connectivity index (χ0n) is 42.2. The topological polar surface area (TPSA) is 6.48 Å². The van der Waals surface area contributed by atoms with Crippen LogP contribution in [0.15, 0.2) is 170 Å². The van der Waals surface area contributed by atoms with Gasteiger partial charge in [-0.3, -0.25) is 0 Å². The van der Waals surface area contributed by atoms with E-state index >= 15 is 0 Å². The van der Waals surface area contributed by atoms with Crippen molar-refractivity contribution in [1.82, 2.24) is 0 Å². The van der Waals surface area contributed by atoms with E-state index in [-0.39, 0.29) is 21.7 Å². The van der Waals surface area contributed by atoms with Crippen LogP contribution in [0.3, 0.4) is 0 Å². The highest BCUT2D eigenvalue weighted by molar-refractivity contribution is 5.89. The number of fused-ring (bicyclic) bond motifs is 6. The Morgan fingerprint density at radius 1 is 0.338 bits per heavy atom. The fourth-order valence-electron chi connectivity index (χ4n) is 10.8. The van der Waals surface area contributed by atoms with Crippen LogP contribution in [0, 0.1) is 13.8 Å². The Balaban J connectivity index is 0.937. The summed E-state index contributed by atoms with van der Waals surface area (Å²) in [6.45, 7) is 27.6. The second-order valence-electron chi connectivity index (χ2n) is 22.6. The minimum absolute atomic E-state index is 0.0897. The maximum atomic E-state index is 2.43. The molecule has 0 radical (unpaired) electrons. The summed E-state index contributed by atoms with van der Waals surface area (Å²) in [5.74, 6) is 0. The molecule has 0 aromatic heterocycles. The van der Waals surface area contributed by atoms with Crippen molar-refractivity contribution in [3.8, 4) is 22.3 Å². The molecule has 2 aliphatic carbocycles. The Hall–Kier alpha value is -6.90. The molecular formula is C66H66N2. The number of rotatable bonds is 8. The van der Waals surface area contributed by atoms with Crippen molar-refractivity contribution in [2.24, 2.45) is 0 Å². The quantitative estimate of drug-likeness (QED) is 0.140. The van der Waals surface area contributed by atoms with Crippen LogP contribution in [0.5, 0.6) is 0 Å². The fourth-order valence-corrected chi connectivity index (χ4v) is 10.8. The SMILES string of the molecule is Cc1cccc(N(c2ccc(C(C)(C)C)cc2)c2ccc3c(c2)C(C)(C)c2cc(/C=C/c4ccc5c(c4)C(C)(C)c4cc(N(c6ccc(C(C)(C)C)cc6)c6cccc(C)c6)ccc4-5)ccc2-3)c1. The number of hydrogen-bond donors (Lipinski definition) is 0. The van der Waals surface area contributed by atoms with Crippen molar-refractivity contribution in [2.75, 3.05) is 9.80 Å². The Morgan fingerprint density at radius 3 is 0.985 bits per heavy atom. The molecule has 0 amide bonds. The third-order valence-electron chi connectivity index (χ3n) is 14.9. The summed E-state index contributed by atoms with van der Waals surface area (Å²) >= 11 is 0. The van der Waals surface area contributed by atoms with E-state index in [2.05, 4.69) is 275 Å². The van der Waals surface area contributed by atoms with Crippen molar-refractivity contribution in [3.63, 3.8) is 0 Å². The summed E-state index contributed by atoms with van der Waals surface area (Å²) < 4.78 is 0. The van der Waals surface area contributed by atoms with Gasteiger partial charge in [-0.25, -0.2) is 0 Å². The molecule has 0 spiro atoms. The van der Waals surface area contributed by atoms with Crippen LogP contribution in [0.25, 0.3) is 34.4 Å². The molecule has 0 heterocycles. The highest BCUT2D eigenvalue weighted by Gasteiger charge is 2.38. The summed E-state index contributed by atoms with van der Waals surface area (Å²) in [5.41, 5.74) is 25.2. The van der Waals surface area contributed by atoms with Crippen molar-refractivity contribution in [1.29, 1.82) is 0 Å². The standard InChI is InChI=1S/C66H66N2/c1-43-15-13-17-51(37-43)67(49-27-23-47(24-28-49)63(3,4)5)53-31-35-57-55-33-21-45(39-59(55)65(9,10)61(57)41-53)19-20-46-22-34-56-58-36-32-54(42-62(58)66(11,12)60(56)40-46)68(52-18-14-16-44(2)38-52)50-29-25-48(26-30-50)64(6,7)8/h13-42H,1-12H3/b20-19+. The van der Waals surface area contributed by atoms with Crippen molar-refractivity contribution in [3.05, 3.63) is 225 Å². The number of anilines is 6. The molecule has 0 aliphatic heterocycles. The van der Waals surface area contributed by atoms with Crippen LogP contribution < -0.4 is 9.80 Å². The van der Waals surface area contributed by atoms with Crippen molar-refractivity contribution >= 4 is 46.3 Å². The van der Waals surface area contributed by atoms with Crippen LogP contribution >= 0.6 is 0 Å². The molecule has 0 fully saturated rings. The van der Waals surface area contributed by atoms with E-state index in [4.69, 9.17) is 0 Å². The predicted octanol–water partition coefficient (Wildman–Crippen LogP) is 18.6. The van der Waals surface area contributed by atoms with Crippen molar-refractivity contribution < 1.29 is 0 Å². The molecule has 0 atom stereocenters. The molecule has 340 valence electrons. The van der Waals surface area contributed by atoms with Gasteiger partial charge in [0.2, 0.25) is 0 Å². The van der Waals surface area contributed by atoms with E-state index in [0.29, 0.717) is 0 Å². The number of nitrogens with zero attached hydrogens (tertiary/aromatic N) is 2. The smallest absolute Gasteiger partial charge is 0.0465 e. The number of hydrogen-bond acceptors (Lipinski definition) is 2. The molecule has 8 aromatic carbocycles. The average molecular weight is 887 g/mol. The number of benzene rings is 8. The second kappa shape index (κ2) is 16.4. The van der Waals surface area contributed by atoms with E-state index in [1.807, 2.05) is 0 Å². The zero-order chi connectivity index (χ0) is 47.9. The van der Waals surface area contributed by atoms with Gasteiger partial charge in [-0.1, -0.05) is 178 Å². The minimum Gasteiger partial charge on any atom is -0.310 e. The third-order valence-corrected chi connectivity index (χ3v) is 14.9. The predicted molar refractivity (Wildman–Crippen MR) is 293 cm³/mol. The van der Waals surface area contributed by atoms with Gasteiger partial charge >= 0.3 is 0 Å². The largest absolute Gasteiger partial charge is 0.310 e. The lowest BCUT2D eigenvalue weighted by Gasteiger charge is -2.29. The molecule has 0 bridgehead atoms. The van der Waals surface area contributed by atoms with Crippen molar-refractivity contribution in [2.45, 2.75) is 105 Å². The van der Waals surface area contributed by atoms with Gasteiger partial charge < -0.3 is 9.80 Å². The summed E-state index contributed by atoms with van der Waals surface area (Å²) in [7, 11) is 0. The van der Waals surface area contributed by atoms with E-state index in [1.54, 1.807) is 0 Å². The van der Waals surface area contributed by atoms with Crippen LogP contribution in [0.1, 0.15) is 125 Å². The molecule has 8 aromatic rings. The Labute approximate surface area is 406 Å². The lowest BCUT2D eigenvalue weighted by molar-refractivity contribution is 0.590. The van der Waals surface area contributed by atoms with Crippen LogP contribution in [-0.4, -0.2) is 0 Å². The molecule has 0 unspecified atom stereocenters. The van der Waals surface area contributed by atoms with Crippen LogP contribution in [-0.2, 0) is 21.7 Å². The van der Waals surface area contributed by atoms with Crippen LogP contribution in [0.4, 0.5) is 34.1 Å². The van der Waals surface area contributed by atoms with E-state index in [9.17, 15) is 0 Å². The zero-order valence-corrected chi connectivity index (χ0v) is 42.2. The summed E-state index contributed by atoms with van der Waals surface area (Å²) in [6, 6.07) is 64.2. The normalized spacial score (nSPS) is 14.4. The first kappa shape index (κ1) is 44.9. The van der Waals surface area contributed by atoms with Gasteiger partial charge in [-0.05, 0) is 175 Å². The minimum atomic E-state index is -0.175. The summed E-state index contributed by atoms with van der Waals surface area (Å²) in [6.07, 6.45) is 4.59. The maximum absolute atomic E-state index is 2.43. The monoisotopic (exact) mass is 887 g/mol. The van der Waals surface area contributed by atoms with Gasteiger partial charge in [-0.2, -0.15) is 0 Å². The molecule has 0 saturated heterocycles. The molecule has 0 saturated carbocycles.